The normalized spacial score (nSPS) is 36.7. The van der Waals surface area contributed by atoms with E-state index >= 15 is 0 Å². The predicted octanol–water partition coefficient (Wildman–Crippen LogP) is 2.12. The van der Waals surface area contributed by atoms with Crippen LogP contribution in [0.5, 0.6) is 0 Å². The van der Waals surface area contributed by atoms with Gasteiger partial charge < -0.3 is 4.74 Å². The maximum atomic E-state index is 5.50. The molecule has 1 aliphatic rings. The highest BCUT2D eigenvalue weighted by Crippen LogP contribution is 2.24. The summed E-state index contributed by atoms with van der Waals surface area (Å²) < 4.78 is 5.50. The summed E-state index contributed by atoms with van der Waals surface area (Å²) in [7, 11) is 0. The lowest BCUT2D eigenvalue weighted by molar-refractivity contribution is 0.0793. The lowest BCUT2D eigenvalue weighted by Gasteiger charge is -2.25. The molecular weight excluding hydrogens is 132 g/mol. The predicted molar refractivity (Wildman–Crippen MR) is 41.7 cm³/mol. The minimum atomic E-state index is 0.487. The van der Waals surface area contributed by atoms with E-state index in [0.717, 1.165) is 18.9 Å². The van der Waals surface area contributed by atoms with Gasteiger partial charge in [0.25, 0.3) is 0 Å². The smallest absolute Gasteiger partial charge is 0.102 e. The van der Waals surface area contributed by atoms with E-state index in [9.17, 15) is 0 Å². The summed E-state index contributed by atoms with van der Waals surface area (Å²) in [5.41, 5.74) is 0.487. The van der Waals surface area contributed by atoms with E-state index in [0.29, 0.717) is 5.44 Å². The van der Waals surface area contributed by atoms with Crippen molar-refractivity contribution in [2.45, 2.75) is 25.7 Å². The molecule has 1 rings (SSSR count). The second kappa shape index (κ2) is 3.47. The molecule has 1 nitrogen and oxygen atoms in total. The van der Waals surface area contributed by atoms with Gasteiger partial charge in [-0.1, -0.05) is 13.8 Å². The van der Waals surface area contributed by atoms with Crippen molar-refractivity contribution in [2.75, 3.05) is 12.4 Å². The van der Waals surface area contributed by atoms with Crippen LogP contribution in [0.1, 0.15) is 20.3 Å². The quantitative estimate of drug-likeness (QED) is 0.560. The number of hydrogen-bond acceptors (Lipinski definition) is 2. The van der Waals surface area contributed by atoms with Crippen LogP contribution in [-0.2, 0) is 4.74 Å². The van der Waals surface area contributed by atoms with E-state index in [1.54, 1.807) is 0 Å². The lowest BCUT2D eigenvalue weighted by Crippen LogP contribution is -2.22. The first-order chi connectivity index (χ1) is 4.33. The fraction of sp³-hybridized carbons (Fsp3) is 1.00. The molecule has 0 aromatic rings. The minimum absolute atomic E-state index is 0.487. The second-order valence-corrected chi connectivity index (χ2v) is 3.80. The van der Waals surface area contributed by atoms with Crippen molar-refractivity contribution < 1.29 is 4.74 Å². The summed E-state index contributed by atoms with van der Waals surface area (Å²) in [6, 6.07) is 0. The third-order valence-electron chi connectivity index (χ3n) is 1.47. The average Bonchev–Trinajstić information content (AvgIpc) is 1.90. The Bertz CT molecular complexity index is 77.0. The molecular formula is C7H14OS. The molecule has 9 heavy (non-hydrogen) atoms. The van der Waals surface area contributed by atoms with Crippen molar-refractivity contribution in [3.8, 4) is 0 Å². The molecule has 1 aliphatic heterocycles. The van der Waals surface area contributed by atoms with E-state index in [1.165, 1.54) is 5.75 Å². The van der Waals surface area contributed by atoms with Gasteiger partial charge in [0, 0.05) is 5.75 Å². The van der Waals surface area contributed by atoms with E-state index in [-0.39, 0.29) is 0 Å². The summed E-state index contributed by atoms with van der Waals surface area (Å²) in [6.07, 6.45) is 1.15. The first-order valence-electron chi connectivity index (χ1n) is 3.56. The van der Waals surface area contributed by atoms with E-state index in [1.807, 2.05) is 11.8 Å². The lowest BCUT2D eigenvalue weighted by atomic mass is 10.2. The van der Waals surface area contributed by atoms with Gasteiger partial charge in [0.2, 0.25) is 0 Å². The van der Waals surface area contributed by atoms with Gasteiger partial charge >= 0.3 is 0 Å². The fourth-order valence-corrected chi connectivity index (χ4v) is 1.93. The van der Waals surface area contributed by atoms with Crippen molar-refractivity contribution in [1.82, 2.24) is 0 Å². The zero-order chi connectivity index (χ0) is 6.69. The largest absolute Gasteiger partial charge is 0.367 e. The Hall–Kier alpha value is 0.310. The van der Waals surface area contributed by atoms with E-state index < -0.39 is 0 Å². The molecule has 0 aliphatic carbocycles. The van der Waals surface area contributed by atoms with Gasteiger partial charge in [-0.15, -0.1) is 11.8 Å². The molecule has 0 bridgehead atoms. The van der Waals surface area contributed by atoms with Gasteiger partial charge in [0.1, 0.15) is 5.44 Å². The van der Waals surface area contributed by atoms with Gasteiger partial charge in [-0.25, -0.2) is 0 Å². The molecule has 0 radical (unpaired) electrons. The van der Waals surface area contributed by atoms with Crippen LogP contribution < -0.4 is 0 Å². The molecule has 0 aromatic carbocycles. The first kappa shape index (κ1) is 7.42. The highest BCUT2D eigenvalue weighted by molar-refractivity contribution is 7.99. The van der Waals surface area contributed by atoms with Gasteiger partial charge in [0.15, 0.2) is 0 Å². The highest BCUT2D eigenvalue weighted by Gasteiger charge is 2.16. The van der Waals surface area contributed by atoms with Crippen LogP contribution in [0.2, 0.25) is 0 Å². The van der Waals surface area contributed by atoms with Crippen LogP contribution in [-0.4, -0.2) is 17.8 Å². The number of ether oxygens (including phenoxy) is 1. The number of thioether (sulfide) groups is 1. The molecule has 0 saturated carbocycles. The molecule has 2 heteroatoms. The average molecular weight is 146 g/mol. The van der Waals surface area contributed by atoms with Crippen LogP contribution in [0.3, 0.4) is 0 Å². The van der Waals surface area contributed by atoms with Crippen LogP contribution >= 0.6 is 11.8 Å². The summed E-state index contributed by atoms with van der Waals surface area (Å²) in [6.45, 7) is 5.37. The van der Waals surface area contributed by atoms with Crippen LogP contribution in [0.4, 0.5) is 0 Å². The van der Waals surface area contributed by atoms with Crippen LogP contribution in [0.25, 0.3) is 0 Å². The minimum Gasteiger partial charge on any atom is -0.367 e. The van der Waals surface area contributed by atoms with Crippen molar-refractivity contribution >= 4 is 11.8 Å². The molecule has 1 saturated heterocycles. The standard InChI is InChI=1S/C7H14OS/c1-3-7-8-4-6(2)5-9-7/h6-7H,3-5H2,1-2H3/t6-,7+/m1/s1. The number of rotatable bonds is 1. The molecule has 0 unspecified atom stereocenters. The zero-order valence-corrected chi connectivity index (χ0v) is 6.91. The Morgan fingerprint density at radius 1 is 1.67 bits per heavy atom. The number of hydrogen-bond donors (Lipinski definition) is 0. The maximum Gasteiger partial charge on any atom is 0.102 e. The summed E-state index contributed by atoms with van der Waals surface area (Å²) >= 11 is 1.95. The SMILES string of the molecule is CC[C@H]1OC[C@@H](C)CS1. The molecule has 0 spiro atoms. The molecule has 1 fully saturated rings. The van der Waals surface area contributed by atoms with Gasteiger partial charge in [-0.05, 0) is 12.3 Å². The molecule has 1 heterocycles. The Labute approximate surface area is 61.2 Å². The zero-order valence-electron chi connectivity index (χ0n) is 6.09. The Morgan fingerprint density at radius 3 is 2.89 bits per heavy atom. The van der Waals surface area contributed by atoms with Crippen LogP contribution in [0, 0.1) is 5.92 Å². The summed E-state index contributed by atoms with van der Waals surface area (Å²) in [4.78, 5) is 0. The highest BCUT2D eigenvalue weighted by atomic mass is 32.2. The second-order valence-electron chi connectivity index (χ2n) is 2.61. The van der Waals surface area contributed by atoms with Crippen molar-refractivity contribution in [2.24, 2.45) is 5.92 Å². The Kier molecular flexibility index (Phi) is 2.86. The van der Waals surface area contributed by atoms with Gasteiger partial charge in [-0.2, -0.15) is 0 Å². The molecule has 2 atom stereocenters. The summed E-state index contributed by atoms with van der Waals surface area (Å²) in [5, 5.41) is 0. The topological polar surface area (TPSA) is 9.23 Å². The molecule has 0 N–H and O–H groups in total. The monoisotopic (exact) mass is 146 g/mol. The third-order valence-corrected chi connectivity index (χ3v) is 3.07. The molecule has 0 aromatic heterocycles. The van der Waals surface area contributed by atoms with Crippen molar-refractivity contribution in [3.63, 3.8) is 0 Å². The van der Waals surface area contributed by atoms with Crippen molar-refractivity contribution in [1.29, 1.82) is 0 Å². The summed E-state index contributed by atoms with van der Waals surface area (Å²) in [5.74, 6) is 2.04. The third kappa shape index (κ3) is 2.18. The van der Waals surface area contributed by atoms with Crippen molar-refractivity contribution in [3.05, 3.63) is 0 Å². The fourth-order valence-electron chi connectivity index (χ4n) is 0.875. The van der Waals surface area contributed by atoms with Gasteiger partial charge in [-0.3, -0.25) is 0 Å². The van der Waals surface area contributed by atoms with Gasteiger partial charge in [0.05, 0.1) is 6.61 Å². The molecule has 54 valence electrons. The van der Waals surface area contributed by atoms with E-state index in [2.05, 4.69) is 13.8 Å². The van der Waals surface area contributed by atoms with E-state index in [4.69, 9.17) is 4.74 Å². The van der Waals surface area contributed by atoms with Crippen LogP contribution in [0.15, 0.2) is 0 Å². The maximum absolute atomic E-state index is 5.50. The first-order valence-corrected chi connectivity index (χ1v) is 4.61. The Balaban J connectivity index is 2.18. The molecule has 0 amide bonds. The Morgan fingerprint density at radius 2 is 2.44 bits per heavy atom.